The standard InChI is InChI=1S/C23H28N6O2/c1-14-10-17(6-7-20(14)23(31)29-9-8-18(25)13-29)22(30)28-19-5-3-4-16(11-19)15(2)27-21(26)12-24/h3-7,10-12,15,18,24H,8-9,13,25H2,1-2H3,(H2,26,27)(H,28,30)/t15?,18-/m1/s1. The number of aliphatic imine (C=N–C) groups is 1. The van der Waals surface area contributed by atoms with E-state index in [1.54, 1.807) is 29.2 Å². The maximum Gasteiger partial charge on any atom is 0.255 e. The lowest BCUT2D eigenvalue weighted by Gasteiger charge is -2.17. The highest BCUT2D eigenvalue weighted by molar-refractivity contribution is 6.27. The second kappa shape index (κ2) is 9.53. The molecule has 1 unspecified atom stereocenters. The molecule has 0 spiro atoms. The number of benzene rings is 2. The summed E-state index contributed by atoms with van der Waals surface area (Å²) in [7, 11) is 0. The fraction of sp³-hybridized carbons (Fsp3) is 0.304. The number of hydrogen-bond acceptors (Lipinski definition) is 5. The summed E-state index contributed by atoms with van der Waals surface area (Å²) in [5.74, 6) is -0.176. The second-order valence-corrected chi connectivity index (χ2v) is 7.78. The van der Waals surface area contributed by atoms with Gasteiger partial charge in [-0.1, -0.05) is 12.1 Å². The molecule has 3 rings (SSSR count). The summed E-state index contributed by atoms with van der Waals surface area (Å²) in [5, 5.41) is 10.0. The lowest BCUT2D eigenvalue weighted by Crippen LogP contribution is -2.32. The molecule has 2 aromatic rings. The first kappa shape index (κ1) is 22.2. The van der Waals surface area contributed by atoms with Crippen LogP contribution in [0.15, 0.2) is 47.5 Å². The van der Waals surface area contributed by atoms with Gasteiger partial charge in [-0.05, 0) is 61.7 Å². The maximum atomic E-state index is 12.8. The summed E-state index contributed by atoms with van der Waals surface area (Å²) < 4.78 is 0. The van der Waals surface area contributed by atoms with E-state index in [-0.39, 0.29) is 29.7 Å². The van der Waals surface area contributed by atoms with Crippen molar-refractivity contribution in [3.8, 4) is 0 Å². The number of anilines is 1. The number of likely N-dealkylation sites (tertiary alicyclic amines) is 1. The summed E-state index contributed by atoms with van der Waals surface area (Å²) in [5.41, 5.74) is 14.8. The number of aryl methyl sites for hydroxylation is 1. The zero-order chi connectivity index (χ0) is 22.5. The van der Waals surface area contributed by atoms with Crippen LogP contribution in [0, 0.1) is 12.3 Å². The van der Waals surface area contributed by atoms with Gasteiger partial charge in [0.05, 0.1) is 12.3 Å². The lowest BCUT2D eigenvalue weighted by molar-refractivity contribution is 0.0789. The molecule has 2 aromatic carbocycles. The van der Waals surface area contributed by atoms with Crippen LogP contribution in [0.25, 0.3) is 0 Å². The number of nitrogens with zero attached hydrogens (tertiary/aromatic N) is 2. The normalized spacial score (nSPS) is 17.3. The summed E-state index contributed by atoms with van der Waals surface area (Å²) >= 11 is 0. The largest absolute Gasteiger partial charge is 0.383 e. The van der Waals surface area contributed by atoms with E-state index in [1.807, 2.05) is 32.0 Å². The van der Waals surface area contributed by atoms with Crippen LogP contribution in [0.2, 0.25) is 0 Å². The Balaban J connectivity index is 1.72. The van der Waals surface area contributed by atoms with Gasteiger partial charge in [0.2, 0.25) is 0 Å². The minimum atomic E-state index is -0.266. The van der Waals surface area contributed by atoms with Crippen molar-refractivity contribution >= 4 is 29.6 Å². The number of nitrogens with one attached hydrogen (secondary N) is 2. The molecule has 0 radical (unpaired) electrons. The van der Waals surface area contributed by atoms with Gasteiger partial charge >= 0.3 is 0 Å². The smallest absolute Gasteiger partial charge is 0.255 e. The molecule has 2 amide bonds. The Morgan fingerprint density at radius 1 is 1.29 bits per heavy atom. The molecule has 1 aliphatic rings. The molecule has 1 fully saturated rings. The van der Waals surface area contributed by atoms with E-state index in [2.05, 4.69) is 10.3 Å². The van der Waals surface area contributed by atoms with Gasteiger partial charge in [-0.2, -0.15) is 0 Å². The molecule has 1 aliphatic heterocycles. The van der Waals surface area contributed by atoms with Crippen molar-refractivity contribution in [2.45, 2.75) is 32.4 Å². The van der Waals surface area contributed by atoms with Gasteiger partial charge < -0.3 is 27.1 Å². The molecular formula is C23H28N6O2. The van der Waals surface area contributed by atoms with Crippen molar-refractivity contribution in [3.05, 3.63) is 64.7 Å². The molecule has 0 aliphatic carbocycles. The number of carbonyl (C=O) groups is 2. The van der Waals surface area contributed by atoms with Crippen LogP contribution in [-0.4, -0.2) is 47.9 Å². The van der Waals surface area contributed by atoms with Gasteiger partial charge in [0, 0.05) is 35.9 Å². The number of rotatable bonds is 6. The van der Waals surface area contributed by atoms with E-state index in [4.69, 9.17) is 16.9 Å². The molecule has 6 N–H and O–H groups in total. The fourth-order valence-electron chi connectivity index (χ4n) is 3.60. The van der Waals surface area contributed by atoms with Crippen molar-refractivity contribution < 1.29 is 9.59 Å². The van der Waals surface area contributed by atoms with E-state index in [9.17, 15) is 9.59 Å². The highest BCUT2D eigenvalue weighted by Crippen LogP contribution is 2.22. The Bertz CT molecular complexity index is 1030. The van der Waals surface area contributed by atoms with Crippen LogP contribution in [0.5, 0.6) is 0 Å². The van der Waals surface area contributed by atoms with Gasteiger partial charge in [-0.3, -0.25) is 14.6 Å². The van der Waals surface area contributed by atoms with Crippen molar-refractivity contribution in [1.29, 1.82) is 5.41 Å². The minimum absolute atomic E-state index is 0.0278. The highest BCUT2D eigenvalue weighted by Gasteiger charge is 2.25. The molecule has 0 saturated carbocycles. The molecule has 0 bridgehead atoms. The van der Waals surface area contributed by atoms with Crippen molar-refractivity contribution in [1.82, 2.24) is 4.90 Å². The molecule has 0 aromatic heterocycles. The first-order chi connectivity index (χ1) is 14.8. The van der Waals surface area contributed by atoms with E-state index in [0.717, 1.165) is 23.8 Å². The summed E-state index contributed by atoms with van der Waals surface area (Å²) in [6.07, 6.45) is 1.80. The Hall–Kier alpha value is -3.52. The number of amidine groups is 1. The van der Waals surface area contributed by atoms with Crippen molar-refractivity contribution in [2.24, 2.45) is 16.5 Å². The van der Waals surface area contributed by atoms with Crippen LogP contribution in [0.4, 0.5) is 5.69 Å². The fourth-order valence-corrected chi connectivity index (χ4v) is 3.60. The highest BCUT2D eigenvalue weighted by atomic mass is 16.2. The molecular weight excluding hydrogens is 392 g/mol. The Kier molecular flexibility index (Phi) is 6.81. The lowest BCUT2D eigenvalue weighted by atomic mass is 10.0. The molecule has 2 atom stereocenters. The molecule has 31 heavy (non-hydrogen) atoms. The van der Waals surface area contributed by atoms with Crippen molar-refractivity contribution in [3.63, 3.8) is 0 Å². The SMILES string of the molecule is Cc1cc(C(=O)Nc2cccc(C(C)N=C(N)C=N)c2)ccc1C(=O)N1CC[C@@H](N)C1. The number of nitrogens with two attached hydrogens (primary N) is 2. The third-order valence-corrected chi connectivity index (χ3v) is 5.35. The molecule has 1 heterocycles. The van der Waals surface area contributed by atoms with Crippen LogP contribution < -0.4 is 16.8 Å². The number of hydrogen-bond donors (Lipinski definition) is 4. The van der Waals surface area contributed by atoms with E-state index in [0.29, 0.717) is 29.9 Å². The zero-order valence-electron chi connectivity index (χ0n) is 17.8. The zero-order valence-corrected chi connectivity index (χ0v) is 17.8. The average molecular weight is 421 g/mol. The van der Waals surface area contributed by atoms with Crippen LogP contribution in [0.1, 0.15) is 51.2 Å². The second-order valence-electron chi connectivity index (χ2n) is 7.78. The summed E-state index contributed by atoms with van der Waals surface area (Å²) in [4.78, 5) is 31.4. The minimum Gasteiger partial charge on any atom is -0.383 e. The number of amides is 2. The van der Waals surface area contributed by atoms with Crippen LogP contribution in [0.3, 0.4) is 0 Å². The average Bonchev–Trinajstić information content (AvgIpc) is 3.19. The number of carbonyl (C=O) groups excluding carboxylic acids is 2. The van der Waals surface area contributed by atoms with Gasteiger partial charge in [0.1, 0.15) is 5.84 Å². The quantitative estimate of drug-likeness (QED) is 0.421. The van der Waals surface area contributed by atoms with Crippen LogP contribution >= 0.6 is 0 Å². The third-order valence-electron chi connectivity index (χ3n) is 5.35. The molecule has 1 saturated heterocycles. The predicted octanol–water partition coefficient (Wildman–Crippen LogP) is 2.49. The summed E-state index contributed by atoms with van der Waals surface area (Å²) in [6, 6.07) is 12.2. The molecule has 162 valence electrons. The van der Waals surface area contributed by atoms with Gasteiger partial charge in [0.25, 0.3) is 11.8 Å². The van der Waals surface area contributed by atoms with Gasteiger partial charge in [-0.15, -0.1) is 0 Å². The Morgan fingerprint density at radius 2 is 2.06 bits per heavy atom. The summed E-state index contributed by atoms with van der Waals surface area (Å²) in [6.45, 7) is 4.91. The van der Waals surface area contributed by atoms with Gasteiger partial charge in [-0.25, -0.2) is 0 Å². The van der Waals surface area contributed by atoms with E-state index < -0.39 is 0 Å². The predicted molar refractivity (Wildman–Crippen MR) is 123 cm³/mol. The molecule has 8 heteroatoms. The van der Waals surface area contributed by atoms with E-state index >= 15 is 0 Å². The monoisotopic (exact) mass is 420 g/mol. The topological polar surface area (TPSA) is 138 Å². The van der Waals surface area contributed by atoms with Crippen molar-refractivity contribution in [2.75, 3.05) is 18.4 Å². The maximum absolute atomic E-state index is 12.8. The first-order valence-corrected chi connectivity index (χ1v) is 10.2. The molecule has 8 nitrogen and oxygen atoms in total. The van der Waals surface area contributed by atoms with Crippen LogP contribution in [-0.2, 0) is 0 Å². The Morgan fingerprint density at radius 3 is 2.71 bits per heavy atom. The third kappa shape index (κ3) is 5.35. The van der Waals surface area contributed by atoms with Gasteiger partial charge in [0.15, 0.2) is 0 Å². The van der Waals surface area contributed by atoms with E-state index in [1.165, 1.54) is 0 Å². The first-order valence-electron chi connectivity index (χ1n) is 10.2. The Labute approximate surface area is 181 Å².